The number of hydrogen-bond donors (Lipinski definition) is 2. The molecule has 0 atom stereocenters. The van der Waals surface area contributed by atoms with Crippen LogP contribution in [-0.4, -0.2) is 21.6 Å². The minimum Gasteiger partial charge on any atom is -0.439 e. The quantitative estimate of drug-likeness (QED) is 0.316. The summed E-state index contributed by atoms with van der Waals surface area (Å²) in [5.41, 5.74) is -0.400. The van der Waals surface area contributed by atoms with E-state index in [2.05, 4.69) is 20.6 Å². The van der Waals surface area contributed by atoms with Gasteiger partial charge in [-0.1, -0.05) is 43.2 Å². The van der Waals surface area contributed by atoms with Gasteiger partial charge in [-0.3, -0.25) is 0 Å². The van der Waals surface area contributed by atoms with Crippen molar-refractivity contribution in [3.63, 3.8) is 0 Å². The van der Waals surface area contributed by atoms with Gasteiger partial charge >= 0.3 is 6.18 Å². The Bertz CT molecular complexity index is 1130. The molecule has 2 N–H and O–H groups in total. The number of hydrogen-bond acceptors (Lipinski definition) is 4. The summed E-state index contributed by atoms with van der Waals surface area (Å²) < 4.78 is 59.0. The molecule has 1 heterocycles. The summed E-state index contributed by atoms with van der Waals surface area (Å²) in [4.78, 5) is 7.59. The van der Waals surface area contributed by atoms with Crippen LogP contribution in [0.3, 0.4) is 0 Å². The van der Waals surface area contributed by atoms with Gasteiger partial charge in [-0.05, 0) is 54.9 Å². The van der Waals surface area contributed by atoms with Crippen LogP contribution in [0.5, 0.6) is 11.6 Å². The zero-order valence-electron chi connectivity index (χ0n) is 18.0. The molecule has 0 amide bonds. The van der Waals surface area contributed by atoms with Crippen molar-refractivity contribution in [3.8, 4) is 11.6 Å². The molecule has 0 aliphatic heterocycles. The molecule has 3 aromatic rings. The van der Waals surface area contributed by atoms with Crippen LogP contribution in [0.1, 0.15) is 36.9 Å². The molecule has 1 fully saturated rings. The Hall–Kier alpha value is -3.27. The largest absolute Gasteiger partial charge is 0.439 e. The van der Waals surface area contributed by atoms with Crippen LogP contribution in [0.4, 0.5) is 23.5 Å². The van der Waals surface area contributed by atoms with E-state index in [0.717, 1.165) is 37.3 Å². The molecule has 5 nitrogen and oxygen atoms in total. The van der Waals surface area contributed by atoms with Gasteiger partial charge in [0, 0.05) is 18.0 Å². The molecule has 4 rings (SSSR count). The summed E-state index contributed by atoms with van der Waals surface area (Å²) in [5.74, 6) is -0.571. The van der Waals surface area contributed by atoms with Gasteiger partial charge in [0.15, 0.2) is 10.8 Å². The number of halogens is 4. The summed E-state index contributed by atoms with van der Waals surface area (Å²) in [6, 6.07) is 15.5. The van der Waals surface area contributed by atoms with Crippen LogP contribution in [-0.2, 0) is 11.6 Å². The molecule has 0 saturated heterocycles. The second-order valence-electron chi connectivity index (χ2n) is 8.13. The van der Waals surface area contributed by atoms with Crippen LogP contribution in [0, 0.1) is 5.82 Å². The zero-order chi connectivity index (χ0) is 24.2. The van der Waals surface area contributed by atoms with Crippen molar-refractivity contribution in [1.29, 1.82) is 0 Å². The molecule has 1 saturated carbocycles. The number of benzene rings is 2. The van der Waals surface area contributed by atoms with Crippen molar-refractivity contribution in [1.82, 2.24) is 15.3 Å². The molecule has 178 valence electrons. The highest BCUT2D eigenvalue weighted by molar-refractivity contribution is 7.80. The number of rotatable bonds is 6. The number of aromatic nitrogens is 2. The predicted molar refractivity (Wildman–Crippen MR) is 124 cm³/mol. The fourth-order valence-corrected chi connectivity index (χ4v) is 4.27. The van der Waals surface area contributed by atoms with E-state index in [0.29, 0.717) is 12.3 Å². The maximum Gasteiger partial charge on any atom is 0.433 e. The first-order valence-electron chi connectivity index (χ1n) is 10.7. The monoisotopic (exact) mass is 490 g/mol. The smallest absolute Gasteiger partial charge is 0.433 e. The van der Waals surface area contributed by atoms with E-state index in [-0.39, 0.29) is 28.2 Å². The topological polar surface area (TPSA) is 59.1 Å². The van der Waals surface area contributed by atoms with Crippen LogP contribution in [0.2, 0.25) is 0 Å². The Kier molecular flexibility index (Phi) is 6.97. The third kappa shape index (κ3) is 5.80. The predicted octanol–water partition coefficient (Wildman–Crippen LogP) is 6.23. The molecule has 0 bridgehead atoms. The molecule has 1 aliphatic rings. The van der Waals surface area contributed by atoms with E-state index >= 15 is 0 Å². The molecule has 0 unspecified atom stereocenters. The number of thiocarbonyl (C=S) groups is 1. The number of para-hydroxylation sites is 1. The Morgan fingerprint density at radius 3 is 2.32 bits per heavy atom. The third-order valence-electron chi connectivity index (χ3n) is 5.79. The minimum absolute atomic E-state index is 0.0818. The molecule has 0 spiro atoms. The average Bonchev–Trinajstić information content (AvgIpc) is 3.28. The number of nitrogens with zero attached hydrogens (tertiary/aromatic N) is 2. The van der Waals surface area contributed by atoms with Crippen molar-refractivity contribution in [3.05, 3.63) is 77.7 Å². The second-order valence-corrected chi connectivity index (χ2v) is 8.54. The lowest BCUT2D eigenvalue weighted by molar-refractivity contribution is -0.141. The van der Waals surface area contributed by atoms with Crippen LogP contribution in [0.15, 0.2) is 60.7 Å². The van der Waals surface area contributed by atoms with E-state index in [4.69, 9.17) is 17.0 Å². The Labute approximate surface area is 199 Å². The lowest BCUT2D eigenvalue weighted by Crippen LogP contribution is -2.41. The van der Waals surface area contributed by atoms with Crippen LogP contribution < -0.4 is 15.4 Å². The first-order valence-corrected chi connectivity index (χ1v) is 11.1. The first-order chi connectivity index (χ1) is 16.2. The maximum absolute atomic E-state index is 13.4. The van der Waals surface area contributed by atoms with Gasteiger partial charge in [-0.2, -0.15) is 18.2 Å². The summed E-state index contributed by atoms with van der Waals surface area (Å²) in [7, 11) is 0. The van der Waals surface area contributed by atoms with Gasteiger partial charge in [-0.15, -0.1) is 0 Å². The van der Waals surface area contributed by atoms with Gasteiger partial charge < -0.3 is 15.4 Å². The SMILES string of the molecule is Fc1ccc(C2(CNC(=S)Nc3nc(Oc4ccccc4)cc(C(F)(F)F)n3)CCCC2)cc1. The highest BCUT2D eigenvalue weighted by atomic mass is 32.1. The minimum atomic E-state index is -4.69. The summed E-state index contributed by atoms with van der Waals surface area (Å²) in [6.07, 6.45) is -0.862. The van der Waals surface area contributed by atoms with Gasteiger partial charge in [0.25, 0.3) is 0 Å². The van der Waals surface area contributed by atoms with E-state index in [1.807, 2.05) is 0 Å². The van der Waals surface area contributed by atoms with E-state index in [1.165, 1.54) is 12.1 Å². The van der Waals surface area contributed by atoms with Gasteiger partial charge in [-0.25, -0.2) is 9.37 Å². The third-order valence-corrected chi connectivity index (χ3v) is 6.04. The van der Waals surface area contributed by atoms with E-state index < -0.39 is 11.9 Å². The van der Waals surface area contributed by atoms with Crippen molar-refractivity contribution < 1.29 is 22.3 Å². The van der Waals surface area contributed by atoms with Gasteiger partial charge in [0.2, 0.25) is 11.8 Å². The fraction of sp³-hybridized carbons (Fsp3) is 0.292. The lowest BCUT2D eigenvalue weighted by atomic mass is 9.79. The van der Waals surface area contributed by atoms with E-state index in [9.17, 15) is 17.6 Å². The lowest BCUT2D eigenvalue weighted by Gasteiger charge is -2.30. The summed E-state index contributed by atoms with van der Waals surface area (Å²) in [6.45, 7) is 0.441. The maximum atomic E-state index is 13.4. The Morgan fingerprint density at radius 1 is 1.00 bits per heavy atom. The number of anilines is 1. The molecule has 0 radical (unpaired) electrons. The summed E-state index contributed by atoms with van der Waals surface area (Å²) in [5, 5.41) is 5.80. The molecule has 2 aromatic carbocycles. The number of ether oxygens (including phenoxy) is 1. The highest BCUT2D eigenvalue weighted by Crippen LogP contribution is 2.40. The van der Waals surface area contributed by atoms with Gasteiger partial charge in [0.05, 0.1) is 0 Å². The highest BCUT2D eigenvalue weighted by Gasteiger charge is 2.36. The molecule has 10 heteroatoms. The normalized spacial score (nSPS) is 15.1. The second kappa shape index (κ2) is 9.92. The van der Waals surface area contributed by atoms with E-state index in [1.54, 1.807) is 42.5 Å². The standard InChI is InChI=1S/C24H22F4N4OS/c25-17-10-8-16(9-11-17)23(12-4-5-13-23)15-29-22(34)32-21-30-19(24(26,27)28)14-20(31-21)33-18-6-2-1-3-7-18/h1-3,6-11,14H,4-5,12-13,15H2,(H2,29,30,31,32,34). The Morgan fingerprint density at radius 2 is 1.68 bits per heavy atom. The molecule has 34 heavy (non-hydrogen) atoms. The molecule has 1 aromatic heterocycles. The molecular weight excluding hydrogens is 468 g/mol. The fourth-order valence-electron chi connectivity index (χ4n) is 4.11. The molecular formula is C24H22F4N4OS. The van der Waals surface area contributed by atoms with Crippen LogP contribution in [0.25, 0.3) is 0 Å². The van der Waals surface area contributed by atoms with Crippen molar-refractivity contribution in [2.75, 3.05) is 11.9 Å². The molecule has 1 aliphatic carbocycles. The van der Waals surface area contributed by atoms with Gasteiger partial charge in [0.1, 0.15) is 11.6 Å². The van der Waals surface area contributed by atoms with Crippen molar-refractivity contribution >= 4 is 23.3 Å². The number of alkyl halides is 3. The Balaban J connectivity index is 1.49. The summed E-state index contributed by atoms with van der Waals surface area (Å²) >= 11 is 5.32. The van der Waals surface area contributed by atoms with Crippen molar-refractivity contribution in [2.24, 2.45) is 0 Å². The van der Waals surface area contributed by atoms with Crippen LogP contribution >= 0.6 is 12.2 Å². The zero-order valence-corrected chi connectivity index (χ0v) is 18.8. The first kappa shape index (κ1) is 23.9. The number of nitrogens with one attached hydrogen (secondary N) is 2. The van der Waals surface area contributed by atoms with Crippen molar-refractivity contribution in [2.45, 2.75) is 37.3 Å². The average molecular weight is 491 g/mol.